The topological polar surface area (TPSA) is 41.6 Å². The van der Waals surface area contributed by atoms with Gasteiger partial charge in [-0.3, -0.25) is 0 Å². The van der Waals surface area contributed by atoms with Crippen LogP contribution in [0.5, 0.6) is 0 Å². The fourth-order valence-electron chi connectivity index (χ4n) is 3.64. The van der Waals surface area contributed by atoms with Crippen molar-refractivity contribution in [1.29, 1.82) is 0 Å². The first-order chi connectivity index (χ1) is 10.9. The molecule has 0 radical (unpaired) electrons. The van der Waals surface area contributed by atoms with Crippen molar-refractivity contribution < 1.29 is 9.53 Å². The lowest BCUT2D eigenvalue weighted by molar-refractivity contribution is 0.0204. The number of rotatable bonds is 1. The number of piperidine rings is 1. The second-order valence-electron chi connectivity index (χ2n) is 7.65. The number of nitrogens with one attached hydrogen (secondary N) is 1. The Morgan fingerprint density at radius 3 is 2.70 bits per heavy atom. The maximum Gasteiger partial charge on any atom is 0.410 e. The number of likely N-dealkylation sites (tertiary alicyclic amines) is 1. The summed E-state index contributed by atoms with van der Waals surface area (Å²) in [6.07, 6.45) is 3.01. The Hall–Kier alpha value is -1.55. The van der Waals surface area contributed by atoms with Crippen molar-refractivity contribution in [3.8, 4) is 0 Å². The Labute approximate surface area is 139 Å². The number of ether oxygens (including phenoxy) is 1. The zero-order valence-corrected chi connectivity index (χ0v) is 14.5. The molecule has 0 aromatic heterocycles. The van der Waals surface area contributed by atoms with Gasteiger partial charge >= 0.3 is 6.09 Å². The van der Waals surface area contributed by atoms with Crippen molar-refractivity contribution in [2.45, 2.75) is 58.1 Å². The Morgan fingerprint density at radius 2 is 2.00 bits per heavy atom. The average Bonchev–Trinajstić information content (AvgIpc) is 2.53. The molecule has 4 nitrogen and oxygen atoms in total. The summed E-state index contributed by atoms with van der Waals surface area (Å²) < 4.78 is 5.49. The van der Waals surface area contributed by atoms with Crippen molar-refractivity contribution >= 4 is 6.09 Å². The molecule has 3 rings (SSSR count). The van der Waals surface area contributed by atoms with Crippen molar-refractivity contribution in [2.75, 3.05) is 19.6 Å². The van der Waals surface area contributed by atoms with Crippen molar-refractivity contribution in [1.82, 2.24) is 10.2 Å². The van der Waals surface area contributed by atoms with Gasteiger partial charge in [0.15, 0.2) is 0 Å². The summed E-state index contributed by atoms with van der Waals surface area (Å²) in [6.45, 7) is 9.40. The van der Waals surface area contributed by atoms with Crippen molar-refractivity contribution in [3.05, 3.63) is 34.9 Å². The van der Waals surface area contributed by atoms with Crippen LogP contribution in [0.15, 0.2) is 18.2 Å². The van der Waals surface area contributed by atoms with Gasteiger partial charge in [0.05, 0.1) is 0 Å². The highest BCUT2D eigenvalue weighted by Crippen LogP contribution is 2.33. The van der Waals surface area contributed by atoms with Gasteiger partial charge in [-0.25, -0.2) is 4.79 Å². The molecule has 2 heterocycles. The van der Waals surface area contributed by atoms with Crippen LogP contribution in [0.2, 0.25) is 0 Å². The maximum absolute atomic E-state index is 12.2. The number of hydrogen-bond donors (Lipinski definition) is 1. The number of carbonyl (C=O) groups is 1. The molecule has 2 aliphatic heterocycles. The third kappa shape index (κ3) is 3.86. The summed E-state index contributed by atoms with van der Waals surface area (Å²) in [7, 11) is 0. The van der Waals surface area contributed by atoms with Gasteiger partial charge in [0.25, 0.3) is 0 Å². The molecule has 1 saturated heterocycles. The standard InChI is InChI=1S/C19H28N2O2/c1-19(2,3)23-18(22)21-11-8-14(9-12-21)16-6-4-5-15-13-20-10-7-17(15)16/h4-6,14,20H,7-13H2,1-3H3. The van der Waals surface area contributed by atoms with E-state index in [1.54, 1.807) is 5.56 Å². The van der Waals surface area contributed by atoms with Crippen LogP contribution in [0, 0.1) is 0 Å². The van der Waals surface area contributed by atoms with E-state index >= 15 is 0 Å². The van der Waals surface area contributed by atoms with E-state index in [-0.39, 0.29) is 6.09 Å². The van der Waals surface area contributed by atoms with Crippen LogP contribution in [0.25, 0.3) is 0 Å². The SMILES string of the molecule is CC(C)(C)OC(=O)N1CCC(c2cccc3c2CCNC3)CC1. The first kappa shape index (κ1) is 16.3. The van der Waals surface area contributed by atoms with E-state index in [1.807, 2.05) is 25.7 Å². The van der Waals surface area contributed by atoms with E-state index in [1.165, 1.54) is 11.1 Å². The molecule has 23 heavy (non-hydrogen) atoms. The molecule has 1 aromatic rings. The second kappa shape index (κ2) is 6.52. The van der Waals surface area contributed by atoms with E-state index in [9.17, 15) is 4.79 Å². The van der Waals surface area contributed by atoms with Crippen LogP contribution in [0.1, 0.15) is 56.2 Å². The predicted molar refractivity (Wildman–Crippen MR) is 91.6 cm³/mol. The Balaban J connectivity index is 1.65. The molecule has 0 spiro atoms. The Kier molecular flexibility index (Phi) is 4.62. The lowest BCUT2D eigenvalue weighted by Gasteiger charge is -2.35. The van der Waals surface area contributed by atoms with Gasteiger partial charge in [-0.05, 0) is 69.2 Å². The molecule has 0 atom stereocenters. The number of amides is 1. The molecule has 0 aliphatic carbocycles. The summed E-state index contributed by atoms with van der Waals surface area (Å²) in [6, 6.07) is 6.71. The van der Waals surface area contributed by atoms with Crippen molar-refractivity contribution in [2.24, 2.45) is 0 Å². The fourth-order valence-corrected chi connectivity index (χ4v) is 3.64. The van der Waals surface area contributed by atoms with Gasteiger partial charge in [-0.2, -0.15) is 0 Å². The number of carbonyl (C=O) groups excluding carboxylic acids is 1. The van der Waals surface area contributed by atoms with Crippen LogP contribution in [0.3, 0.4) is 0 Å². The summed E-state index contributed by atoms with van der Waals surface area (Å²) >= 11 is 0. The molecule has 1 amide bonds. The minimum absolute atomic E-state index is 0.171. The molecule has 4 heteroatoms. The molecular formula is C19H28N2O2. The lowest BCUT2D eigenvalue weighted by atomic mass is 9.83. The summed E-state index contributed by atoms with van der Waals surface area (Å²) in [5, 5.41) is 3.45. The first-order valence-electron chi connectivity index (χ1n) is 8.73. The van der Waals surface area contributed by atoms with E-state index in [0.717, 1.165) is 45.4 Å². The van der Waals surface area contributed by atoms with E-state index in [2.05, 4.69) is 23.5 Å². The quantitative estimate of drug-likeness (QED) is 0.863. The zero-order chi connectivity index (χ0) is 16.4. The van der Waals surface area contributed by atoms with Gasteiger partial charge in [0, 0.05) is 19.6 Å². The second-order valence-corrected chi connectivity index (χ2v) is 7.65. The van der Waals surface area contributed by atoms with Crippen LogP contribution >= 0.6 is 0 Å². The fraction of sp³-hybridized carbons (Fsp3) is 0.632. The van der Waals surface area contributed by atoms with Crippen LogP contribution < -0.4 is 5.32 Å². The summed E-state index contributed by atoms with van der Waals surface area (Å²) in [4.78, 5) is 14.0. The summed E-state index contributed by atoms with van der Waals surface area (Å²) in [5.41, 5.74) is 4.08. The number of fused-ring (bicyclic) bond motifs is 1. The molecular weight excluding hydrogens is 288 g/mol. The Bertz CT molecular complexity index is 569. The Morgan fingerprint density at radius 1 is 1.26 bits per heavy atom. The highest BCUT2D eigenvalue weighted by atomic mass is 16.6. The molecule has 1 fully saturated rings. The minimum Gasteiger partial charge on any atom is -0.444 e. The van der Waals surface area contributed by atoms with Crippen LogP contribution in [0.4, 0.5) is 4.79 Å². The third-order valence-electron chi connectivity index (χ3n) is 4.76. The number of hydrogen-bond acceptors (Lipinski definition) is 3. The third-order valence-corrected chi connectivity index (χ3v) is 4.76. The molecule has 126 valence electrons. The zero-order valence-electron chi connectivity index (χ0n) is 14.5. The molecule has 0 bridgehead atoms. The summed E-state index contributed by atoms with van der Waals surface area (Å²) in [5.74, 6) is 0.571. The highest BCUT2D eigenvalue weighted by molar-refractivity contribution is 5.68. The first-order valence-corrected chi connectivity index (χ1v) is 8.73. The highest BCUT2D eigenvalue weighted by Gasteiger charge is 2.29. The number of benzene rings is 1. The number of nitrogens with zero attached hydrogens (tertiary/aromatic N) is 1. The molecule has 0 saturated carbocycles. The normalized spacial score (nSPS) is 19.3. The molecule has 0 unspecified atom stereocenters. The minimum atomic E-state index is -0.417. The van der Waals surface area contributed by atoms with E-state index in [0.29, 0.717) is 5.92 Å². The maximum atomic E-state index is 12.2. The van der Waals surface area contributed by atoms with Gasteiger partial charge in [-0.15, -0.1) is 0 Å². The van der Waals surface area contributed by atoms with E-state index in [4.69, 9.17) is 4.74 Å². The van der Waals surface area contributed by atoms with E-state index < -0.39 is 5.60 Å². The molecule has 1 aromatic carbocycles. The van der Waals surface area contributed by atoms with Crippen LogP contribution in [-0.4, -0.2) is 36.2 Å². The lowest BCUT2D eigenvalue weighted by Crippen LogP contribution is -2.41. The van der Waals surface area contributed by atoms with Gasteiger partial charge < -0.3 is 15.0 Å². The average molecular weight is 316 g/mol. The molecule has 2 aliphatic rings. The predicted octanol–water partition coefficient (Wildman–Crippen LogP) is 3.45. The van der Waals surface area contributed by atoms with Gasteiger partial charge in [-0.1, -0.05) is 18.2 Å². The van der Waals surface area contributed by atoms with Gasteiger partial charge in [0.2, 0.25) is 0 Å². The largest absolute Gasteiger partial charge is 0.444 e. The van der Waals surface area contributed by atoms with Gasteiger partial charge in [0.1, 0.15) is 5.60 Å². The smallest absolute Gasteiger partial charge is 0.410 e. The monoisotopic (exact) mass is 316 g/mol. The molecule has 1 N–H and O–H groups in total. The van der Waals surface area contributed by atoms with Crippen molar-refractivity contribution in [3.63, 3.8) is 0 Å². The van der Waals surface area contributed by atoms with Crippen LogP contribution in [-0.2, 0) is 17.7 Å².